The second-order valence-corrected chi connectivity index (χ2v) is 8.39. The Labute approximate surface area is 165 Å². The van der Waals surface area contributed by atoms with Crippen molar-refractivity contribution in [3.05, 3.63) is 0 Å². The molecular formula is C12H19NO14S2-2. The van der Waals surface area contributed by atoms with E-state index in [0.717, 1.165) is 0 Å². The molecule has 0 aromatic heterocycles. The van der Waals surface area contributed by atoms with Gasteiger partial charge in [0.1, 0.15) is 30.5 Å². The first-order valence-corrected chi connectivity index (χ1v) is 10.8. The molecule has 0 radical (unpaired) electrons. The predicted molar refractivity (Wildman–Crippen MR) is 84.3 cm³/mol. The van der Waals surface area contributed by atoms with E-state index in [-0.39, 0.29) is 13.0 Å². The van der Waals surface area contributed by atoms with E-state index in [0.29, 0.717) is 0 Å². The Morgan fingerprint density at radius 3 is 2.24 bits per heavy atom. The van der Waals surface area contributed by atoms with Gasteiger partial charge in [0.15, 0.2) is 0 Å². The molecule has 7 atom stereocenters. The summed E-state index contributed by atoms with van der Waals surface area (Å²) in [6.45, 7) is -1.91. The summed E-state index contributed by atoms with van der Waals surface area (Å²) in [6, 6.07) is -1.41. The Kier molecular flexibility index (Phi) is 7.90. The third-order valence-electron chi connectivity index (χ3n) is 4.20. The largest absolute Gasteiger partial charge is 0.726 e. The molecule has 2 heterocycles. The van der Waals surface area contributed by atoms with Crippen LogP contribution in [-0.2, 0) is 43.4 Å². The highest BCUT2D eigenvalue weighted by Gasteiger charge is 2.44. The Balaban J connectivity index is 2.08. The quantitative estimate of drug-likeness (QED) is 0.203. The van der Waals surface area contributed by atoms with Crippen molar-refractivity contribution >= 4 is 26.7 Å². The SMILES string of the molecule is O=C(NC1COC(COS(=O)(=O)[O-])[C@H](O)[C@@H]1OS(=O)(=O)[O-])C1C[C@H](O)C(O)CO1. The molecule has 29 heavy (non-hydrogen) atoms. The molecule has 4 unspecified atom stereocenters. The number of ether oxygens (including phenoxy) is 2. The molecule has 0 aliphatic carbocycles. The first kappa shape index (κ1) is 24.3. The van der Waals surface area contributed by atoms with Gasteiger partial charge in [0.05, 0.1) is 32.0 Å². The smallest absolute Gasteiger partial charge is 0.249 e. The van der Waals surface area contributed by atoms with Gasteiger partial charge >= 0.3 is 0 Å². The van der Waals surface area contributed by atoms with Crippen LogP contribution < -0.4 is 5.32 Å². The van der Waals surface area contributed by atoms with Gasteiger partial charge in [-0.15, -0.1) is 0 Å². The molecule has 1 amide bonds. The molecule has 15 nitrogen and oxygen atoms in total. The summed E-state index contributed by atoms with van der Waals surface area (Å²) in [5.74, 6) is -0.884. The van der Waals surface area contributed by atoms with E-state index in [1.54, 1.807) is 0 Å². The zero-order chi connectivity index (χ0) is 22.0. The fraction of sp³-hybridized carbons (Fsp3) is 0.917. The van der Waals surface area contributed by atoms with E-state index in [1.165, 1.54) is 0 Å². The average molecular weight is 465 g/mol. The predicted octanol–water partition coefficient (Wildman–Crippen LogP) is -4.94. The summed E-state index contributed by atoms with van der Waals surface area (Å²) in [7, 11) is -10.5. The number of carbonyl (C=O) groups is 1. The number of nitrogens with one attached hydrogen (secondary N) is 1. The summed E-state index contributed by atoms with van der Waals surface area (Å²) >= 11 is 0. The highest BCUT2D eigenvalue weighted by atomic mass is 32.3. The minimum Gasteiger partial charge on any atom is -0.726 e. The van der Waals surface area contributed by atoms with Crippen LogP contribution in [0.2, 0.25) is 0 Å². The number of rotatable bonds is 7. The molecule has 2 saturated heterocycles. The minimum atomic E-state index is -5.38. The van der Waals surface area contributed by atoms with Crippen molar-refractivity contribution in [2.24, 2.45) is 0 Å². The van der Waals surface area contributed by atoms with E-state index in [9.17, 15) is 46.1 Å². The van der Waals surface area contributed by atoms with Crippen LogP contribution in [0.3, 0.4) is 0 Å². The molecule has 2 aliphatic rings. The van der Waals surface area contributed by atoms with E-state index < -0.39 is 82.6 Å². The van der Waals surface area contributed by atoms with Crippen molar-refractivity contribution in [3.63, 3.8) is 0 Å². The lowest BCUT2D eigenvalue weighted by Crippen LogP contribution is -2.63. The second-order valence-electron chi connectivity index (χ2n) is 6.33. The third-order valence-corrected chi connectivity index (χ3v) is 5.08. The maximum absolute atomic E-state index is 12.3. The van der Waals surface area contributed by atoms with Crippen LogP contribution >= 0.6 is 0 Å². The normalized spacial score (nSPS) is 36.5. The third kappa shape index (κ3) is 7.33. The van der Waals surface area contributed by atoms with Crippen LogP contribution in [-0.4, -0.2) is 110 Å². The molecule has 0 spiro atoms. The highest BCUT2D eigenvalue weighted by Crippen LogP contribution is 2.22. The van der Waals surface area contributed by atoms with Crippen molar-refractivity contribution in [1.29, 1.82) is 0 Å². The van der Waals surface area contributed by atoms with Crippen LogP contribution in [0.5, 0.6) is 0 Å². The lowest BCUT2D eigenvalue weighted by Gasteiger charge is -2.40. The summed E-state index contributed by atoms with van der Waals surface area (Å²) in [5, 5.41) is 31.4. The molecule has 2 aliphatic heterocycles. The van der Waals surface area contributed by atoms with Crippen molar-refractivity contribution < 1.29 is 63.9 Å². The lowest BCUT2D eigenvalue weighted by atomic mass is 9.97. The first-order valence-electron chi connectivity index (χ1n) is 8.09. The maximum Gasteiger partial charge on any atom is 0.249 e. The fourth-order valence-electron chi connectivity index (χ4n) is 2.78. The van der Waals surface area contributed by atoms with Gasteiger partial charge < -0.3 is 39.2 Å². The van der Waals surface area contributed by atoms with Crippen molar-refractivity contribution in [3.8, 4) is 0 Å². The molecule has 0 aromatic rings. The lowest BCUT2D eigenvalue weighted by molar-refractivity contribution is -0.167. The van der Waals surface area contributed by atoms with E-state index in [1.807, 2.05) is 0 Å². The standard InChI is InChI=1S/C12H21NO14S2/c14-6-1-8(25-3-7(6)15)12(17)13-5-2-24-9(4-26-28(18,19)20)10(16)11(5)27-29(21,22)23/h5-11,14-16H,1-4H2,(H,13,17)(H,18,19,20)(H,21,22,23)/p-2/t5?,6-,7?,8?,9?,10-,11+/m0/s1. The molecule has 2 fully saturated rings. The zero-order valence-electron chi connectivity index (χ0n) is 14.5. The summed E-state index contributed by atoms with van der Waals surface area (Å²) in [4.78, 5) is 12.3. The summed E-state index contributed by atoms with van der Waals surface area (Å²) in [6.07, 6.45) is -9.43. The topological polar surface area (TPSA) is 241 Å². The molecule has 0 saturated carbocycles. The van der Waals surface area contributed by atoms with Gasteiger partial charge in [-0.2, -0.15) is 0 Å². The fourth-order valence-corrected chi connectivity index (χ4v) is 3.60. The van der Waals surface area contributed by atoms with Gasteiger partial charge in [0, 0.05) is 6.42 Å². The average Bonchev–Trinajstić information content (AvgIpc) is 2.58. The number of hydrogen-bond donors (Lipinski definition) is 4. The Hall–Kier alpha value is -0.990. The summed E-state index contributed by atoms with van der Waals surface area (Å²) < 4.78 is 82.8. The molecule has 170 valence electrons. The van der Waals surface area contributed by atoms with Gasteiger partial charge in [-0.1, -0.05) is 0 Å². The Bertz CT molecular complexity index is 784. The van der Waals surface area contributed by atoms with Gasteiger partial charge in [-0.3, -0.25) is 13.2 Å². The Morgan fingerprint density at radius 1 is 1.03 bits per heavy atom. The van der Waals surface area contributed by atoms with Gasteiger partial charge in [-0.25, -0.2) is 16.8 Å². The van der Waals surface area contributed by atoms with Crippen LogP contribution in [0, 0.1) is 0 Å². The molecule has 4 N–H and O–H groups in total. The second kappa shape index (κ2) is 9.43. The number of amides is 1. The van der Waals surface area contributed by atoms with Crippen molar-refractivity contribution in [1.82, 2.24) is 5.32 Å². The van der Waals surface area contributed by atoms with E-state index in [4.69, 9.17) is 9.47 Å². The summed E-state index contributed by atoms with van der Waals surface area (Å²) in [5.41, 5.74) is 0. The van der Waals surface area contributed by atoms with Crippen LogP contribution in [0.4, 0.5) is 0 Å². The van der Waals surface area contributed by atoms with E-state index in [2.05, 4.69) is 13.7 Å². The van der Waals surface area contributed by atoms with Crippen molar-refractivity contribution in [2.75, 3.05) is 19.8 Å². The number of aliphatic hydroxyl groups is 3. The van der Waals surface area contributed by atoms with Crippen LogP contribution in [0.25, 0.3) is 0 Å². The van der Waals surface area contributed by atoms with Gasteiger partial charge in [0.25, 0.3) is 0 Å². The zero-order valence-corrected chi connectivity index (χ0v) is 16.2. The number of hydrogen-bond acceptors (Lipinski definition) is 14. The monoisotopic (exact) mass is 465 g/mol. The molecule has 0 aromatic carbocycles. The van der Waals surface area contributed by atoms with Crippen LogP contribution in [0.15, 0.2) is 0 Å². The van der Waals surface area contributed by atoms with Gasteiger partial charge in [-0.05, 0) is 0 Å². The molecule has 0 bridgehead atoms. The van der Waals surface area contributed by atoms with Crippen LogP contribution in [0.1, 0.15) is 6.42 Å². The maximum atomic E-state index is 12.3. The van der Waals surface area contributed by atoms with E-state index >= 15 is 0 Å². The van der Waals surface area contributed by atoms with Gasteiger partial charge in [0.2, 0.25) is 26.7 Å². The number of aliphatic hydroxyl groups excluding tert-OH is 3. The first-order chi connectivity index (χ1) is 13.3. The molecule has 2 rings (SSSR count). The molecular weight excluding hydrogens is 446 g/mol. The Morgan fingerprint density at radius 2 is 1.69 bits per heavy atom. The number of carbonyl (C=O) groups excluding carboxylic acids is 1. The minimum absolute atomic E-state index is 0.285. The van der Waals surface area contributed by atoms with Crippen molar-refractivity contribution in [2.45, 2.75) is 49.1 Å². The molecule has 17 heteroatoms. The highest BCUT2D eigenvalue weighted by molar-refractivity contribution is 7.81.